The van der Waals surface area contributed by atoms with E-state index in [4.69, 9.17) is 0 Å². The summed E-state index contributed by atoms with van der Waals surface area (Å²) in [7, 11) is 1.71. The van der Waals surface area contributed by atoms with E-state index < -0.39 is 18.0 Å². The Morgan fingerprint density at radius 2 is 2.09 bits per heavy atom. The first-order valence-corrected chi connectivity index (χ1v) is 7.33. The van der Waals surface area contributed by atoms with Gasteiger partial charge in [0.1, 0.15) is 5.82 Å². The predicted octanol–water partition coefficient (Wildman–Crippen LogP) is 4.03. The van der Waals surface area contributed by atoms with Gasteiger partial charge < -0.3 is 4.90 Å². The summed E-state index contributed by atoms with van der Waals surface area (Å²) >= 11 is 0. The Kier molecular flexibility index (Phi) is 4.92. The van der Waals surface area contributed by atoms with E-state index in [0.717, 1.165) is 0 Å². The second kappa shape index (κ2) is 6.56. The molecule has 0 saturated heterocycles. The second-order valence-electron chi connectivity index (χ2n) is 5.81. The Labute approximate surface area is 133 Å². The van der Waals surface area contributed by atoms with Gasteiger partial charge in [-0.2, -0.15) is 13.2 Å². The zero-order chi connectivity index (χ0) is 17.2. The third-order valence-corrected chi connectivity index (χ3v) is 3.90. The number of likely N-dealkylation sites (N-methyl/N-ethyl adjacent to an activating group) is 1. The molecule has 2 rings (SSSR count). The quantitative estimate of drug-likeness (QED) is 0.784. The Bertz CT molecular complexity index is 649. The van der Waals surface area contributed by atoms with Crippen LogP contribution in [-0.2, 0) is 0 Å². The third-order valence-electron chi connectivity index (χ3n) is 3.90. The highest BCUT2D eigenvalue weighted by Crippen LogP contribution is 2.37. The molecular weight excluding hydrogens is 305 g/mol. The van der Waals surface area contributed by atoms with Crippen molar-refractivity contribution >= 4 is 11.6 Å². The van der Waals surface area contributed by atoms with Gasteiger partial charge >= 0.3 is 6.18 Å². The van der Waals surface area contributed by atoms with Crippen molar-refractivity contribution in [1.82, 2.24) is 4.98 Å². The third kappa shape index (κ3) is 4.00. The SMILES string of the molecule is CC(=O)c1cccnc1N(C)CC1=CC(C(F)(F)F)C(C)C=C1. The molecule has 6 heteroatoms. The smallest absolute Gasteiger partial charge is 0.355 e. The molecule has 0 radical (unpaired) electrons. The van der Waals surface area contributed by atoms with Gasteiger partial charge in [-0.1, -0.05) is 25.2 Å². The zero-order valence-electron chi connectivity index (χ0n) is 13.3. The van der Waals surface area contributed by atoms with Crippen molar-refractivity contribution in [3.8, 4) is 0 Å². The van der Waals surface area contributed by atoms with Gasteiger partial charge in [0.15, 0.2) is 5.78 Å². The number of hydrogen-bond donors (Lipinski definition) is 0. The molecule has 3 nitrogen and oxygen atoms in total. The van der Waals surface area contributed by atoms with Crippen LogP contribution in [0.4, 0.5) is 19.0 Å². The minimum atomic E-state index is -4.26. The lowest BCUT2D eigenvalue weighted by atomic mass is 9.86. The van der Waals surface area contributed by atoms with Crippen LogP contribution in [0.15, 0.2) is 42.1 Å². The highest BCUT2D eigenvalue weighted by Gasteiger charge is 2.41. The summed E-state index contributed by atoms with van der Waals surface area (Å²) in [6.07, 6.45) is 1.84. The number of allylic oxidation sites excluding steroid dienone is 2. The van der Waals surface area contributed by atoms with Crippen LogP contribution < -0.4 is 4.90 Å². The molecule has 0 amide bonds. The van der Waals surface area contributed by atoms with Gasteiger partial charge in [-0.25, -0.2) is 4.98 Å². The van der Waals surface area contributed by atoms with E-state index in [0.29, 0.717) is 17.0 Å². The van der Waals surface area contributed by atoms with Crippen LogP contribution in [0.25, 0.3) is 0 Å². The summed E-state index contributed by atoms with van der Waals surface area (Å²) in [4.78, 5) is 17.5. The van der Waals surface area contributed by atoms with Gasteiger partial charge in [0.05, 0.1) is 11.5 Å². The highest BCUT2D eigenvalue weighted by atomic mass is 19.4. The number of rotatable bonds is 4. The van der Waals surface area contributed by atoms with Crippen LogP contribution in [-0.4, -0.2) is 30.5 Å². The van der Waals surface area contributed by atoms with E-state index in [1.165, 1.54) is 13.0 Å². The number of alkyl halides is 3. The summed E-state index contributed by atoms with van der Waals surface area (Å²) in [6, 6.07) is 3.32. The molecule has 0 aliphatic heterocycles. The van der Waals surface area contributed by atoms with Gasteiger partial charge in [0, 0.05) is 19.8 Å². The number of ketones is 1. The van der Waals surface area contributed by atoms with E-state index in [9.17, 15) is 18.0 Å². The Morgan fingerprint density at radius 1 is 1.39 bits per heavy atom. The molecule has 0 N–H and O–H groups in total. The molecule has 0 spiro atoms. The van der Waals surface area contributed by atoms with Crippen LogP contribution in [0.5, 0.6) is 0 Å². The van der Waals surface area contributed by atoms with Crippen molar-refractivity contribution < 1.29 is 18.0 Å². The van der Waals surface area contributed by atoms with Crippen molar-refractivity contribution in [2.24, 2.45) is 11.8 Å². The fraction of sp³-hybridized carbons (Fsp3) is 0.412. The number of carbonyl (C=O) groups is 1. The fourth-order valence-corrected chi connectivity index (χ4v) is 2.66. The average Bonchev–Trinajstić information content (AvgIpc) is 2.48. The van der Waals surface area contributed by atoms with Crippen molar-refractivity contribution in [2.45, 2.75) is 20.0 Å². The number of Topliss-reactive ketones (excluding diaryl/α,β-unsaturated/α-hetero) is 1. The van der Waals surface area contributed by atoms with Crippen LogP contribution in [0.3, 0.4) is 0 Å². The van der Waals surface area contributed by atoms with E-state index in [2.05, 4.69) is 4.98 Å². The Morgan fingerprint density at radius 3 is 2.70 bits per heavy atom. The minimum Gasteiger partial charge on any atom is -0.355 e. The van der Waals surface area contributed by atoms with Crippen molar-refractivity contribution in [1.29, 1.82) is 0 Å². The normalized spacial score (nSPS) is 21.0. The summed E-state index contributed by atoms with van der Waals surface area (Å²) in [5.74, 6) is -1.72. The minimum absolute atomic E-state index is 0.130. The standard InChI is InChI=1S/C17H19F3N2O/c1-11-6-7-13(9-15(11)17(18,19)20)10-22(3)16-14(12(2)23)5-4-8-21-16/h4-9,11,15H,10H2,1-3H3. The van der Waals surface area contributed by atoms with Gasteiger partial charge in [-0.15, -0.1) is 0 Å². The van der Waals surface area contributed by atoms with Crippen molar-refractivity contribution in [3.05, 3.63) is 47.7 Å². The lowest BCUT2D eigenvalue weighted by molar-refractivity contribution is -0.169. The van der Waals surface area contributed by atoms with Gasteiger partial charge in [0.25, 0.3) is 0 Å². The van der Waals surface area contributed by atoms with Gasteiger partial charge in [-0.3, -0.25) is 4.79 Å². The highest BCUT2D eigenvalue weighted by molar-refractivity contribution is 5.98. The molecule has 1 aromatic heterocycles. The summed E-state index contributed by atoms with van der Waals surface area (Å²) in [5.41, 5.74) is 1.02. The van der Waals surface area contributed by atoms with Crippen LogP contribution >= 0.6 is 0 Å². The average molecular weight is 324 g/mol. The zero-order valence-corrected chi connectivity index (χ0v) is 13.3. The van der Waals surface area contributed by atoms with E-state index in [1.54, 1.807) is 49.4 Å². The molecule has 2 atom stereocenters. The molecule has 1 heterocycles. The fourth-order valence-electron chi connectivity index (χ4n) is 2.66. The van der Waals surface area contributed by atoms with Crippen LogP contribution in [0, 0.1) is 11.8 Å². The number of hydrogen-bond acceptors (Lipinski definition) is 3. The van der Waals surface area contributed by atoms with Crippen molar-refractivity contribution in [2.75, 3.05) is 18.5 Å². The lowest BCUT2D eigenvalue weighted by Crippen LogP contribution is -2.30. The first-order chi connectivity index (χ1) is 10.7. The Balaban J connectivity index is 2.22. The number of carbonyl (C=O) groups excluding carboxylic acids is 1. The molecule has 1 aliphatic rings. The number of anilines is 1. The predicted molar refractivity (Wildman–Crippen MR) is 83.4 cm³/mol. The van der Waals surface area contributed by atoms with Crippen LogP contribution in [0.1, 0.15) is 24.2 Å². The second-order valence-corrected chi connectivity index (χ2v) is 5.81. The van der Waals surface area contributed by atoms with Gasteiger partial charge in [0.2, 0.25) is 0 Å². The summed E-state index contributed by atoms with van der Waals surface area (Å²) in [5, 5.41) is 0. The molecule has 124 valence electrons. The maximum Gasteiger partial charge on any atom is 0.395 e. The molecular formula is C17H19F3N2O. The first kappa shape index (κ1) is 17.2. The topological polar surface area (TPSA) is 33.2 Å². The Hall–Kier alpha value is -2.11. The maximum atomic E-state index is 13.0. The lowest BCUT2D eigenvalue weighted by Gasteiger charge is -2.27. The first-order valence-electron chi connectivity index (χ1n) is 7.33. The van der Waals surface area contributed by atoms with E-state index in [-0.39, 0.29) is 12.3 Å². The number of aromatic nitrogens is 1. The molecule has 2 unspecified atom stereocenters. The maximum absolute atomic E-state index is 13.0. The van der Waals surface area contributed by atoms with E-state index in [1.807, 2.05) is 0 Å². The molecule has 0 aromatic carbocycles. The molecule has 0 bridgehead atoms. The summed E-state index contributed by atoms with van der Waals surface area (Å²) < 4.78 is 39.1. The number of nitrogens with zero attached hydrogens (tertiary/aromatic N) is 2. The monoisotopic (exact) mass is 324 g/mol. The number of halogens is 3. The summed E-state index contributed by atoms with van der Waals surface area (Å²) in [6.45, 7) is 3.25. The molecule has 23 heavy (non-hydrogen) atoms. The number of pyridine rings is 1. The molecule has 0 fully saturated rings. The molecule has 0 saturated carbocycles. The largest absolute Gasteiger partial charge is 0.395 e. The van der Waals surface area contributed by atoms with E-state index >= 15 is 0 Å². The van der Waals surface area contributed by atoms with Crippen LogP contribution in [0.2, 0.25) is 0 Å². The van der Waals surface area contributed by atoms with Gasteiger partial charge in [-0.05, 0) is 30.5 Å². The molecule has 1 aliphatic carbocycles. The molecule has 1 aromatic rings. The van der Waals surface area contributed by atoms with Crippen molar-refractivity contribution in [3.63, 3.8) is 0 Å².